The first kappa shape index (κ1) is 5.11. The number of nitrogens with one attached hydrogen (secondary N) is 2. The van der Waals surface area contributed by atoms with Crippen LogP contribution < -0.4 is 10.7 Å². The Balaban J connectivity index is 2.42. The second-order valence-electron chi connectivity index (χ2n) is 1.37. The minimum Gasteiger partial charge on any atom is -0.376 e. The van der Waals surface area contributed by atoms with Gasteiger partial charge in [0, 0.05) is 12.4 Å². The van der Waals surface area contributed by atoms with Crippen LogP contribution in [0.5, 0.6) is 0 Å². The van der Waals surface area contributed by atoms with E-state index in [9.17, 15) is 4.79 Å². The summed E-state index contributed by atoms with van der Waals surface area (Å²) in [4.78, 5) is 9.94. The van der Waals surface area contributed by atoms with Crippen LogP contribution in [0.2, 0.25) is 0 Å². The van der Waals surface area contributed by atoms with Gasteiger partial charge in [-0.25, -0.2) is 5.43 Å². The Morgan fingerprint density at radius 1 is 1.75 bits per heavy atom. The number of rotatable bonds is 1. The third-order valence-electron chi connectivity index (χ3n) is 0.830. The highest BCUT2D eigenvalue weighted by Gasteiger charge is 1.95. The van der Waals surface area contributed by atoms with Crippen molar-refractivity contribution in [1.82, 2.24) is 15.8 Å². The molecule has 1 aliphatic heterocycles. The van der Waals surface area contributed by atoms with Gasteiger partial charge in [0.1, 0.15) is 0 Å². The summed E-state index contributed by atoms with van der Waals surface area (Å²) in [5, 5.41) is 4.20. The molecule has 0 fully saturated rings. The molecule has 2 N–H and O–H groups in total. The van der Waals surface area contributed by atoms with Crippen molar-refractivity contribution in [3.8, 4) is 0 Å². The molecule has 0 unspecified atom stereocenters. The molecule has 8 heavy (non-hydrogen) atoms. The van der Waals surface area contributed by atoms with Crippen LogP contribution in [0.4, 0.5) is 0 Å². The Labute approximate surface area is 47.1 Å². The Kier molecular flexibility index (Phi) is 1.48. The predicted octanol–water partition coefficient (Wildman–Crippen LogP) is -1.02. The average molecular weight is 113 g/mol. The molecule has 0 aromatic rings. The lowest BCUT2D eigenvalue weighted by Crippen LogP contribution is -2.41. The standard InChI is InChI=1S/C4H7N3O/c8-4-7-2-1-5-3-6-7/h1-2,4-6H,3H2. The summed E-state index contributed by atoms with van der Waals surface area (Å²) in [5.74, 6) is 0. The summed E-state index contributed by atoms with van der Waals surface area (Å²) < 4.78 is 0. The smallest absolute Gasteiger partial charge is 0.228 e. The van der Waals surface area contributed by atoms with Gasteiger partial charge < -0.3 is 5.32 Å². The van der Waals surface area contributed by atoms with Crippen LogP contribution in [0.1, 0.15) is 0 Å². The zero-order chi connectivity index (χ0) is 5.82. The molecule has 0 saturated carbocycles. The molecule has 0 bridgehead atoms. The fraction of sp³-hybridized carbons (Fsp3) is 0.250. The lowest BCUT2D eigenvalue weighted by molar-refractivity contribution is -0.118. The van der Waals surface area contributed by atoms with Gasteiger partial charge >= 0.3 is 0 Å². The van der Waals surface area contributed by atoms with Crippen molar-refractivity contribution in [1.29, 1.82) is 0 Å². The van der Waals surface area contributed by atoms with Crippen molar-refractivity contribution in [2.45, 2.75) is 0 Å². The van der Waals surface area contributed by atoms with Crippen LogP contribution in [0.3, 0.4) is 0 Å². The normalized spacial score (nSPS) is 17.8. The van der Waals surface area contributed by atoms with Crippen molar-refractivity contribution in [3.63, 3.8) is 0 Å². The maximum Gasteiger partial charge on any atom is 0.228 e. The summed E-state index contributed by atoms with van der Waals surface area (Å²) >= 11 is 0. The molecule has 4 nitrogen and oxygen atoms in total. The van der Waals surface area contributed by atoms with E-state index in [2.05, 4.69) is 10.7 Å². The lowest BCUT2D eigenvalue weighted by Gasteiger charge is -2.17. The number of carbonyl (C=O) groups excluding carboxylic acids is 1. The van der Waals surface area contributed by atoms with Crippen LogP contribution in [-0.2, 0) is 4.79 Å². The summed E-state index contributed by atoms with van der Waals surface area (Å²) in [6, 6.07) is 0. The molecule has 1 amide bonds. The molecule has 1 aliphatic rings. The van der Waals surface area contributed by atoms with Gasteiger partial charge in [-0.3, -0.25) is 9.80 Å². The van der Waals surface area contributed by atoms with E-state index in [1.165, 1.54) is 5.01 Å². The molecule has 0 spiro atoms. The van der Waals surface area contributed by atoms with Gasteiger partial charge in [0.2, 0.25) is 6.41 Å². The molecule has 0 atom stereocenters. The van der Waals surface area contributed by atoms with Crippen molar-refractivity contribution in [2.75, 3.05) is 6.67 Å². The van der Waals surface area contributed by atoms with Crippen molar-refractivity contribution < 1.29 is 4.79 Å². The Hall–Kier alpha value is -1.03. The summed E-state index contributed by atoms with van der Waals surface area (Å²) in [6.45, 7) is 0.606. The van der Waals surface area contributed by atoms with E-state index in [0.29, 0.717) is 13.1 Å². The first-order valence-electron chi connectivity index (χ1n) is 2.30. The molecular formula is C4H7N3O. The molecule has 44 valence electrons. The average Bonchev–Trinajstić information content (AvgIpc) is 1.90. The summed E-state index contributed by atoms with van der Waals surface area (Å²) in [7, 11) is 0. The van der Waals surface area contributed by atoms with E-state index in [4.69, 9.17) is 0 Å². The van der Waals surface area contributed by atoms with E-state index in [1.54, 1.807) is 12.4 Å². The molecule has 0 saturated heterocycles. The van der Waals surface area contributed by atoms with Crippen molar-refractivity contribution in [2.24, 2.45) is 0 Å². The zero-order valence-electron chi connectivity index (χ0n) is 4.29. The van der Waals surface area contributed by atoms with E-state index in [1.807, 2.05) is 0 Å². The van der Waals surface area contributed by atoms with E-state index >= 15 is 0 Å². The molecule has 1 rings (SSSR count). The number of hydrogen-bond acceptors (Lipinski definition) is 3. The van der Waals surface area contributed by atoms with Gasteiger partial charge in [0.05, 0.1) is 6.67 Å². The molecule has 0 aromatic carbocycles. The van der Waals surface area contributed by atoms with Gasteiger partial charge in [0.25, 0.3) is 0 Å². The molecule has 4 heteroatoms. The SMILES string of the molecule is O=CN1C=CNCN1. The van der Waals surface area contributed by atoms with Crippen molar-refractivity contribution >= 4 is 6.41 Å². The highest BCUT2D eigenvalue weighted by atomic mass is 16.1. The van der Waals surface area contributed by atoms with Gasteiger partial charge in [-0.1, -0.05) is 0 Å². The molecule has 0 aromatic heterocycles. The quantitative estimate of drug-likeness (QED) is 0.428. The maximum atomic E-state index is 9.94. The number of nitrogens with zero attached hydrogens (tertiary/aromatic N) is 1. The molecule has 1 heterocycles. The minimum atomic E-state index is 0.606. The number of hydrogen-bond donors (Lipinski definition) is 2. The van der Waals surface area contributed by atoms with Crippen molar-refractivity contribution in [3.05, 3.63) is 12.4 Å². The zero-order valence-corrected chi connectivity index (χ0v) is 4.29. The highest BCUT2D eigenvalue weighted by molar-refractivity contribution is 5.48. The Morgan fingerprint density at radius 3 is 3.00 bits per heavy atom. The summed E-state index contributed by atoms with van der Waals surface area (Å²) in [6.07, 6.45) is 4.01. The number of carbonyl (C=O) groups is 1. The second-order valence-corrected chi connectivity index (χ2v) is 1.37. The maximum absolute atomic E-state index is 9.94. The van der Waals surface area contributed by atoms with Crippen LogP contribution in [-0.4, -0.2) is 18.1 Å². The van der Waals surface area contributed by atoms with Gasteiger partial charge in [-0.2, -0.15) is 0 Å². The first-order valence-corrected chi connectivity index (χ1v) is 2.30. The number of hydrazine groups is 1. The Bertz CT molecular complexity index is 112. The van der Waals surface area contributed by atoms with Gasteiger partial charge in [0.15, 0.2) is 0 Å². The van der Waals surface area contributed by atoms with Gasteiger partial charge in [-0.05, 0) is 0 Å². The molecular weight excluding hydrogens is 106 g/mol. The highest BCUT2D eigenvalue weighted by Crippen LogP contribution is 1.79. The second kappa shape index (κ2) is 2.32. The number of amides is 1. The van der Waals surface area contributed by atoms with Crippen LogP contribution >= 0.6 is 0 Å². The largest absolute Gasteiger partial charge is 0.376 e. The third kappa shape index (κ3) is 0.974. The fourth-order valence-corrected chi connectivity index (χ4v) is 0.454. The van der Waals surface area contributed by atoms with Crippen LogP contribution in [0.15, 0.2) is 12.4 Å². The lowest BCUT2D eigenvalue weighted by atomic mass is 10.7. The van der Waals surface area contributed by atoms with Crippen LogP contribution in [0.25, 0.3) is 0 Å². The van der Waals surface area contributed by atoms with Gasteiger partial charge in [-0.15, -0.1) is 0 Å². The van der Waals surface area contributed by atoms with E-state index < -0.39 is 0 Å². The molecule has 0 aliphatic carbocycles. The summed E-state index contributed by atoms with van der Waals surface area (Å²) in [5.41, 5.74) is 2.74. The minimum absolute atomic E-state index is 0.606. The third-order valence-corrected chi connectivity index (χ3v) is 0.830. The monoisotopic (exact) mass is 113 g/mol. The molecule has 0 radical (unpaired) electrons. The van der Waals surface area contributed by atoms with E-state index in [-0.39, 0.29) is 0 Å². The topological polar surface area (TPSA) is 44.4 Å². The van der Waals surface area contributed by atoms with E-state index in [0.717, 1.165) is 0 Å². The fourth-order valence-electron chi connectivity index (χ4n) is 0.454. The van der Waals surface area contributed by atoms with Crippen LogP contribution in [0, 0.1) is 0 Å². The Morgan fingerprint density at radius 2 is 2.62 bits per heavy atom. The first-order chi connectivity index (χ1) is 3.93. The predicted molar refractivity (Wildman–Crippen MR) is 28.2 cm³/mol.